The third kappa shape index (κ3) is 5.86. The maximum Gasteiger partial charge on any atom is 0.355 e. The van der Waals surface area contributed by atoms with E-state index >= 15 is 0 Å². The number of aromatic amines is 2. The quantitative estimate of drug-likeness (QED) is 0.279. The van der Waals surface area contributed by atoms with Gasteiger partial charge in [0.2, 0.25) is 0 Å². The fraction of sp³-hybridized carbons (Fsp3) is 0.200. The average molecular weight is 434 g/mol. The maximum atomic E-state index is 12.3. The number of ether oxygens (including phenoxy) is 1. The summed E-state index contributed by atoms with van der Waals surface area (Å²) in [6.07, 6.45) is 3.88. The minimum Gasteiger partial charge on any atom is -0.483 e. The highest BCUT2D eigenvalue weighted by Crippen LogP contribution is 2.22. The molecule has 0 aliphatic rings. The zero-order chi connectivity index (χ0) is 22.8. The zero-order valence-electron chi connectivity index (χ0n) is 18.0. The number of carboxylic acid groups (broad SMARTS) is 1. The van der Waals surface area contributed by atoms with Gasteiger partial charge < -0.3 is 19.8 Å². The molecule has 0 saturated heterocycles. The van der Waals surface area contributed by atoms with Gasteiger partial charge >= 0.3 is 5.97 Å². The van der Waals surface area contributed by atoms with Crippen LogP contribution in [0.5, 0.6) is 0 Å². The first-order valence-corrected chi connectivity index (χ1v) is 10.4. The SMILES string of the molecule is CCOC(=O)c1[nH]ccc1CN(Cc1ccccc1)Cc1c[nH]c2ccccc12.O=CO. The molecule has 4 aromatic rings. The van der Waals surface area contributed by atoms with Crippen LogP contribution in [0, 0.1) is 0 Å². The molecule has 32 heavy (non-hydrogen) atoms. The van der Waals surface area contributed by atoms with Crippen molar-refractivity contribution in [3.8, 4) is 0 Å². The van der Waals surface area contributed by atoms with Crippen LogP contribution in [0.3, 0.4) is 0 Å². The molecule has 7 nitrogen and oxygen atoms in total. The van der Waals surface area contributed by atoms with E-state index in [1.54, 1.807) is 6.20 Å². The standard InChI is InChI=1S/C24H25N3O2.CH2O2/c1-2-29-24(28)23-19(12-13-25-23)16-27(15-18-8-4-3-5-9-18)17-20-14-26-22-11-7-6-10-21(20)22;2-1-3/h3-14,25-26H,2,15-17H2,1H3;1H,(H,2,3). The van der Waals surface area contributed by atoms with Crippen LogP contribution in [-0.2, 0) is 29.2 Å². The summed E-state index contributed by atoms with van der Waals surface area (Å²) >= 11 is 0. The van der Waals surface area contributed by atoms with E-state index in [2.05, 4.69) is 63.5 Å². The van der Waals surface area contributed by atoms with Gasteiger partial charge in [-0.1, -0.05) is 48.5 Å². The number of nitrogens with zero attached hydrogens (tertiary/aromatic N) is 1. The monoisotopic (exact) mass is 433 g/mol. The minimum absolute atomic E-state index is 0.250. The van der Waals surface area contributed by atoms with Gasteiger partial charge in [0.1, 0.15) is 5.69 Å². The van der Waals surface area contributed by atoms with Crippen molar-refractivity contribution in [2.75, 3.05) is 6.61 Å². The molecule has 0 unspecified atom stereocenters. The Morgan fingerprint density at radius 2 is 1.66 bits per heavy atom. The van der Waals surface area contributed by atoms with Crippen LogP contribution in [0.15, 0.2) is 73.1 Å². The molecular formula is C25H27N3O4. The van der Waals surface area contributed by atoms with Crippen molar-refractivity contribution in [1.82, 2.24) is 14.9 Å². The Morgan fingerprint density at radius 3 is 2.41 bits per heavy atom. The molecule has 166 valence electrons. The fourth-order valence-electron chi connectivity index (χ4n) is 3.68. The van der Waals surface area contributed by atoms with E-state index < -0.39 is 0 Å². The van der Waals surface area contributed by atoms with E-state index in [-0.39, 0.29) is 12.4 Å². The Labute approximate surface area is 186 Å². The van der Waals surface area contributed by atoms with E-state index in [9.17, 15) is 4.79 Å². The summed E-state index contributed by atoms with van der Waals surface area (Å²) in [7, 11) is 0. The van der Waals surface area contributed by atoms with Crippen LogP contribution >= 0.6 is 0 Å². The number of benzene rings is 2. The zero-order valence-corrected chi connectivity index (χ0v) is 18.0. The Morgan fingerprint density at radius 1 is 0.969 bits per heavy atom. The van der Waals surface area contributed by atoms with Crippen LogP contribution in [0.4, 0.5) is 0 Å². The Hall–Kier alpha value is -3.84. The number of carbonyl (C=O) groups is 2. The summed E-state index contributed by atoms with van der Waals surface area (Å²) < 4.78 is 5.20. The van der Waals surface area contributed by atoms with Gasteiger partial charge in [-0.25, -0.2) is 4.79 Å². The van der Waals surface area contributed by atoms with Gasteiger partial charge in [0.15, 0.2) is 0 Å². The molecule has 0 radical (unpaired) electrons. The number of H-pyrrole nitrogens is 2. The average Bonchev–Trinajstić information content (AvgIpc) is 3.43. The van der Waals surface area contributed by atoms with Crippen molar-refractivity contribution in [2.24, 2.45) is 0 Å². The van der Waals surface area contributed by atoms with Crippen molar-refractivity contribution in [1.29, 1.82) is 0 Å². The number of hydrogen-bond acceptors (Lipinski definition) is 4. The fourth-order valence-corrected chi connectivity index (χ4v) is 3.68. The normalized spacial score (nSPS) is 10.6. The summed E-state index contributed by atoms with van der Waals surface area (Å²) in [5.41, 5.74) is 5.09. The first kappa shape index (κ1) is 22.8. The molecular weight excluding hydrogens is 406 g/mol. The molecule has 0 aliphatic heterocycles. The molecule has 0 amide bonds. The van der Waals surface area contributed by atoms with Gasteiger partial charge in [0.05, 0.1) is 6.61 Å². The highest BCUT2D eigenvalue weighted by Gasteiger charge is 2.18. The van der Waals surface area contributed by atoms with Crippen LogP contribution < -0.4 is 0 Å². The lowest BCUT2D eigenvalue weighted by atomic mass is 10.1. The Balaban J connectivity index is 0.000000913. The molecule has 0 spiro atoms. The van der Waals surface area contributed by atoms with Crippen molar-refractivity contribution >= 4 is 23.3 Å². The van der Waals surface area contributed by atoms with E-state index in [1.807, 2.05) is 25.1 Å². The van der Waals surface area contributed by atoms with Crippen LogP contribution in [-0.4, -0.2) is 39.0 Å². The number of aromatic nitrogens is 2. The van der Waals surface area contributed by atoms with Gasteiger partial charge in [0, 0.05) is 42.9 Å². The second-order valence-corrected chi connectivity index (χ2v) is 7.19. The number of carbonyl (C=O) groups excluding carboxylic acids is 1. The molecule has 2 aromatic carbocycles. The van der Waals surface area contributed by atoms with E-state index in [4.69, 9.17) is 14.6 Å². The summed E-state index contributed by atoms with van der Waals surface area (Å²) in [6, 6.07) is 20.7. The first-order valence-electron chi connectivity index (χ1n) is 10.4. The van der Waals surface area contributed by atoms with Crippen molar-refractivity contribution in [3.63, 3.8) is 0 Å². The maximum absolute atomic E-state index is 12.3. The molecule has 0 atom stereocenters. The molecule has 3 N–H and O–H groups in total. The third-order valence-corrected chi connectivity index (χ3v) is 5.02. The lowest BCUT2D eigenvalue weighted by Crippen LogP contribution is -2.23. The molecule has 0 fully saturated rings. The smallest absolute Gasteiger partial charge is 0.355 e. The molecule has 0 aliphatic carbocycles. The lowest BCUT2D eigenvalue weighted by molar-refractivity contribution is -0.122. The summed E-state index contributed by atoms with van der Waals surface area (Å²) in [6.45, 7) is 4.13. The Kier molecular flexibility index (Phi) is 8.22. The van der Waals surface area contributed by atoms with Gasteiger partial charge in [0.25, 0.3) is 6.47 Å². The topological polar surface area (TPSA) is 98.4 Å². The van der Waals surface area contributed by atoms with E-state index in [0.717, 1.165) is 24.2 Å². The molecule has 0 saturated carbocycles. The second kappa shape index (κ2) is 11.5. The van der Waals surface area contributed by atoms with Gasteiger partial charge in [-0.15, -0.1) is 0 Å². The summed E-state index contributed by atoms with van der Waals surface area (Å²) in [5, 5.41) is 8.12. The predicted molar refractivity (Wildman–Crippen MR) is 123 cm³/mol. The van der Waals surface area contributed by atoms with E-state index in [0.29, 0.717) is 18.8 Å². The molecule has 7 heteroatoms. The van der Waals surface area contributed by atoms with Crippen molar-refractivity contribution in [2.45, 2.75) is 26.6 Å². The van der Waals surface area contributed by atoms with Crippen molar-refractivity contribution < 1.29 is 19.4 Å². The number of para-hydroxylation sites is 1. The number of rotatable bonds is 8. The minimum atomic E-state index is -0.306. The van der Waals surface area contributed by atoms with Gasteiger partial charge in [-0.05, 0) is 35.7 Å². The number of fused-ring (bicyclic) bond motifs is 1. The van der Waals surface area contributed by atoms with Gasteiger partial charge in [-0.3, -0.25) is 9.69 Å². The first-order chi connectivity index (χ1) is 15.7. The molecule has 0 bridgehead atoms. The summed E-state index contributed by atoms with van der Waals surface area (Å²) in [5.74, 6) is -0.306. The largest absolute Gasteiger partial charge is 0.483 e. The second-order valence-electron chi connectivity index (χ2n) is 7.19. The Bertz CT molecular complexity index is 1130. The lowest BCUT2D eigenvalue weighted by Gasteiger charge is -2.22. The number of esters is 1. The van der Waals surface area contributed by atoms with Crippen LogP contribution in [0.25, 0.3) is 10.9 Å². The van der Waals surface area contributed by atoms with Crippen LogP contribution in [0.2, 0.25) is 0 Å². The predicted octanol–water partition coefficient (Wildman–Crippen LogP) is 4.58. The molecule has 2 aromatic heterocycles. The number of hydrogen-bond donors (Lipinski definition) is 3. The highest BCUT2D eigenvalue weighted by molar-refractivity contribution is 5.89. The van der Waals surface area contributed by atoms with Gasteiger partial charge in [-0.2, -0.15) is 0 Å². The summed E-state index contributed by atoms with van der Waals surface area (Å²) in [4.78, 5) is 29.4. The highest BCUT2D eigenvalue weighted by atomic mass is 16.5. The van der Waals surface area contributed by atoms with Crippen LogP contribution in [0.1, 0.15) is 34.1 Å². The molecule has 4 rings (SSSR count). The molecule has 2 heterocycles. The van der Waals surface area contributed by atoms with E-state index in [1.165, 1.54) is 16.5 Å². The van der Waals surface area contributed by atoms with Crippen molar-refractivity contribution in [3.05, 3.63) is 95.4 Å². The number of nitrogens with one attached hydrogen (secondary N) is 2. The third-order valence-electron chi connectivity index (χ3n) is 5.02.